The minimum Gasteiger partial charge on any atom is -0.375 e. The largest absolute Gasteiger partial charge is 0.375 e. The molecule has 2 rings (SSSR count). The Labute approximate surface area is 133 Å². The summed E-state index contributed by atoms with van der Waals surface area (Å²) in [6.45, 7) is 2.22. The summed E-state index contributed by atoms with van der Waals surface area (Å²) in [6.07, 6.45) is 5.94. The number of amides is 1. The van der Waals surface area contributed by atoms with Gasteiger partial charge < -0.3 is 10.6 Å². The third kappa shape index (κ3) is 4.38. The van der Waals surface area contributed by atoms with E-state index in [4.69, 9.17) is 11.6 Å². The normalized spacial score (nSPS) is 15.9. The molecule has 20 heavy (non-hydrogen) atoms. The molecule has 0 radical (unpaired) electrons. The Bertz CT molecular complexity index is 487. The molecule has 110 valence electrons. The summed E-state index contributed by atoms with van der Waals surface area (Å²) in [7, 11) is 0. The Balaban J connectivity index is 1.85. The van der Waals surface area contributed by atoms with Crippen molar-refractivity contribution in [2.45, 2.75) is 45.1 Å². The van der Waals surface area contributed by atoms with Crippen molar-refractivity contribution in [1.29, 1.82) is 0 Å². The van der Waals surface area contributed by atoms with Crippen LogP contribution in [0.15, 0.2) is 16.6 Å². The number of hydrogen-bond donors (Lipinski definition) is 2. The molecule has 0 unspecified atom stereocenters. The van der Waals surface area contributed by atoms with Crippen LogP contribution in [0, 0.1) is 6.92 Å². The van der Waals surface area contributed by atoms with Crippen LogP contribution in [0.2, 0.25) is 5.02 Å². The molecule has 1 saturated carbocycles. The Morgan fingerprint density at radius 1 is 1.35 bits per heavy atom. The second-order valence-electron chi connectivity index (χ2n) is 5.34. The van der Waals surface area contributed by atoms with Gasteiger partial charge in [0.15, 0.2) is 0 Å². The SMILES string of the molecule is Cc1cc(Br)c(NCC(=O)NC2CCCCC2)cc1Cl. The Morgan fingerprint density at radius 2 is 2.05 bits per heavy atom. The Kier molecular flexibility index (Phi) is 5.73. The van der Waals surface area contributed by atoms with E-state index in [1.165, 1.54) is 19.3 Å². The van der Waals surface area contributed by atoms with E-state index >= 15 is 0 Å². The van der Waals surface area contributed by atoms with E-state index in [0.717, 1.165) is 28.6 Å². The number of rotatable bonds is 4. The summed E-state index contributed by atoms with van der Waals surface area (Å²) in [5.41, 5.74) is 1.86. The minimum atomic E-state index is 0.0421. The molecular formula is C15H20BrClN2O. The molecular weight excluding hydrogens is 340 g/mol. The summed E-state index contributed by atoms with van der Waals surface area (Å²) >= 11 is 9.57. The van der Waals surface area contributed by atoms with Crippen molar-refractivity contribution in [1.82, 2.24) is 5.32 Å². The zero-order chi connectivity index (χ0) is 14.5. The van der Waals surface area contributed by atoms with Gasteiger partial charge in [0.05, 0.1) is 12.2 Å². The van der Waals surface area contributed by atoms with E-state index in [1.807, 2.05) is 19.1 Å². The molecule has 0 aromatic heterocycles. The van der Waals surface area contributed by atoms with Gasteiger partial charge in [0, 0.05) is 15.5 Å². The first-order chi connectivity index (χ1) is 9.56. The Hall–Kier alpha value is -0.740. The summed E-state index contributed by atoms with van der Waals surface area (Å²) in [5, 5.41) is 6.91. The van der Waals surface area contributed by atoms with Crippen molar-refractivity contribution in [2.24, 2.45) is 0 Å². The molecule has 5 heteroatoms. The molecule has 1 fully saturated rings. The fourth-order valence-corrected chi connectivity index (χ4v) is 3.24. The summed E-state index contributed by atoms with van der Waals surface area (Å²) < 4.78 is 0.921. The first-order valence-electron chi connectivity index (χ1n) is 7.05. The summed E-state index contributed by atoms with van der Waals surface area (Å²) in [4.78, 5) is 11.9. The van der Waals surface area contributed by atoms with Crippen molar-refractivity contribution in [2.75, 3.05) is 11.9 Å². The van der Waals surface area contributed by atoms with Gasteiger partial charge in [-0.05, 0) is 53.4 Å². The molecule has 1 aliphatic carbocycles. The van der Waals surface area contributed by atoms with Crippen LogP contribution in [0.5, 0.6) is 0 Å². The third-order valence-corrected chi connectivity index (χ3v) is 4.72. The first kappa shape index (κ1) is 15.6. The van der Waals surface area contributed by atoms with Gasteiger partial charge in [0.1, 0.15) is 0 Å². The van der Waals surface area contributed by atoms with Gasteiger partial charge in [-0.3, -0.25) is 4.79 Å². The molecule has 1 aromatic rings. The molecule has 1 amide bonds. The highest BCUT2D eigenvalue weighted by molar-refractivity contribution is 9.10. The van der Waals surface area contributed by atoms with Crippen LogP contribution in [0.1, 0.15) is 37.7 Å². The molecule has 2 N–H and O–H groups in total. The van der Waals surface area contributed by atoms with Crippen LogP contribution in [0.4, 0.5) is 5.69 Å². The summed E-state index contributed by atoms with van der Waals surface area (Å²) in [6, 6.07) is 4.14. The predicted octanol–water partition coefficient (Wildman–Crippen LogP) is 4.27. The topological polar surface area (TPSA) is 41.1 Å². The smallest absolute Gasteiger partial charge is 0.239 e. The van der Waals surface area contributed by atoms with E-state index in [-0.39, 0.29) is 12.5 Å². The highest BCUT2D eigenvalue weighted by atomic mass is 79.9. The van der Waals surface area contributed by atoms with Crippen molar-refractivity contribution in [3.05, 3.63) is 27.2 Å². The second kappa shape index (κ2) is 7.32. The van der Waals surface area contributed by atoms with E-state index in [2.05, 4.69) is 26.6 Å². The molecule has 1 aliphatic rings. The number of halogens is 2. The standard InChI is InChI=1S/C15H20BrClN2O/c1-10-7-12(16)14(8-13(10)17)18-9-15(20)19-11-5-3-2-4-6-11/h7-8,11,18H,2-6,9H2,1H3,(H,19,20). The molecule has 0 atom stereocenters. The lowest BCUT2D eigenvalue weighted by molar-refractivity contribution is -0.120. The number of hydrogen-bond acceptors (Lipinski definition) is 2. The molecule has 3 nitrogen and oxygen atoms in total. The van der Waals surface area contributed by atoms with Gasteiger partial charge in [-0.15, -0.1) is 0 Å². The lowest BCUT2D eigenvalue weighted by Gasteiger charge is -2.23. The fourth-order valence-electron chi connectivity index (χ4n) is 2.48. The van der Waals surface area contributed by atoms with Gasteiger partial charge in [0.2, 0.25) is 5.91 Å². The van der Waals surface area contributed by atoms with Crippen molar-refractivity contribution >= 4 is 39.1 Å². The fraction of sp³-hybridized carbons (Fsp3) is 0.533. The van der Waals surface area contributed by atoms with Crippen LogP contribution in [-0.4, -0.2) is 18.5 Å². The lowest BCUT2D eigenvalue weighted by atomic mass is 9.95. The monoisotopic (exact) mass is 358 g/mol. The lowest BCUT2D eigenvalue weighted by Crippen LogP contribution is -2.39. The minimum absolute atomic E-state index is 0.0421. The zero-order valence-corrected chi connectivity index (χ0v) is 14.0. The van der Waals surface area contributed by atoms with Gasteiger partial charge in [0.25, 0.3) is 0 Å². The van der Waals surface area contributed by atoms with Crippen molar-refractivity contribution in [3.63, 3.8) is 0 Å². The number of carbonyl (C=O) groups is 1. The maximum atomic E-state index is 11.9. The van der Waals surface area contributed by atoms with Gasteiger partial charge in [-0.1, -0.05) is 30.9 Å². The van der Waals surface area contributed by atoms with Crippen molar-refractivity contribution < 1.29 is 4.79 Å². The third-order valence-electron chi connectivity index (χ3n) is 3.66. The van der Waals surface area contributed by atoms with Gasteiger partial charge in [-0.2, -0.15) is 0 Å². The van der Waals surface area contributed by atoms with Gasteiger partial charge >= 0.3 is 0 Å². The molecule has 1 aromatic carbocycles. The van der Waals surface area contributed by atoms with Crippen LogP contribution < -0.4 is 10.6 Å². The number of anilines is 1. The average Bonchev–Trinajstić information content (AvgIpc) is 2.42. The van der Waals surface area contributed by atoms with Crippen LogP contribution in [0.25, 0.3) is 0 Å². The highest BCUT2D eigenvalue weighted by Crippen LogP contribution is 2.29. The second-order valence-corrected chi connectivity index (χ2v) is 6.60. The molecule has 0 heterocycles. The average molecular weight is 360 g/mol. The maximum Gasteiger partial charge on any atom is 0.239 e. The Morgan fingerprint density at radius 3 is 2.75 bits per heavy atom. The maximum absolute atomic E-state index is 11.9. The van der Waals surface area contributed by atoms with Gasteiger partial charge in [-0.25, -0.2) is 0 Å². The predicted molar refractivity (Wildman–Crippen MR) is 87.4 cm³/mol. The molecule has 0 spiro atoms. The molecule has 0 bridgehead atoms. The van der Waals surface area contributed by atoms with Crippen LogP contribution in [-0.2, 0) is 4.79 Å². The van der Waals surface area contributed by atoms with Crippen LogP contribution >= 0.6 is 27.5 Å². The van der Waals surface area contributed by atoms with E-state index in [9.17, 15) is 4.79 Å². The van der Waals surface area contributed by atoms with E-state index in [1.54, 1.807) is 0 Å². The number of nitrogens with one attached hydrogen (secondary N) is 2. The van der Waals surface area contributed by atoms with Crippen LogP contribution in [0.3, 0.4) is 0 Å². The zero-order valence-electron chi connectivity index (χ0n) is 11.6. The summed E-state index contributed by atoms with van der Waals surface area (Å²) in [5.74, 6) is 0.0421. The number of benzene rings is 1. The molecule has 0 saturated heterocycles. The molecule has 0 aliphatic heterocycles. The van der Waals surface area contributed by atoms with E-state index < -0.39 is 0 Å². The quantitative estimate of drug-likeness (QED) is 0.843. The highest BCUT2D eigenvalue weighted by Gasteiger charge is 2.15. The first-order valence-corrected chi connectivity index (χ1v) is 8.22. The number of carbonyl (C=O) groups excluding carboxylic acids is 1. The van der Waals surface area contributed by atoms with Crippen molar-refractivity contribution in [3.8, 4) is 0 Å². The van der Waals surface area contributed by atoms with E-state index in [0.29, 0.717) is 11.1 Å². The number of aryl methyl sites for hydroxylation is 1.